The van der Waals surface area contributed by atoms with Gasteiger partial charge in [0.25, 0.3) is 0 Å². The molecule has 18 heavy (non-hydrogen) atoms. The van der Waals surface area contributed by atoms with Gasteiger partial charge in [0.05, 0.1) is 6.61 Å². The number of hydrogen-bond acceptors (Lipinski definition) is 3. The van der Waals surface area contributed by atoms with E-state index in [1.54, 1.807) is 0 Å². The molecule has 0 spiro atoms. The van der Waals surface area contributed by atoms with Gasteiger partial charge >= 0.3 is 0 Å². The maximum absolute atomic E-state index is 8.72. The molecule has 0 saturated heterocycles. The first-order valence-corrected chi connectivity index (χ1v) is 6.32. The van der Waals surface area contributed by atoms with Crippen LogP contribution in [-0.4, -0.2) is 17.6 Å². The number of oxime groups is 1. The molecule has 0 aromatic heterocycles. The fourth-order valence-corrected chi connectivity index (χ4v) is 1.90. The normalized spacial score (nSPS) is 13.6. The first-order valence-electron chi connectivity index (χ1n) is 6.32. The quantitative estimate of drug-likeness (QED) is 0.338. The Morgan fingerprint density at radius 1 is 1.44 bits per heavy atom. The molecular formula is C14H22N2O2. The van der Waals surface area contributed by atoms with Crippen molar-refractivity contribution in [3.05, 3.63) is 35.4 Å². The molecule has 100 valence electrons. The number of rotatable bonds is 7. The Morgan fingerprint density at radius 2 is 2.17 bits per heavy atom. The maximum Gasteiger partial charge on any atom is 0.170 e. The van der Waals surface area contributed by atoms with E-state index in [2.05, 4.69) is 19.0 Å². The summed E-state index contributed by atoms with van der Waals surface area (Å²) in [5.74, 6) is 0.682. The summed E-state index contributed by atoms with van der Waals surface area (Å²) in [6.07, 6.45) is 2.34. The van der Waals surface area contributed by atoms with Gasteiger partial charge in [0, 0.05) is 12.2 Å². The van der Waals surface area contributed by atoms with Gasteiger partial charge in [0.2, 0.25) is 0 Å². The SMILES string of the molecule is CCCC(C)COCc1ccccc1/C(N)=N/O. The number of hydrogen-bond donors (Lipinski definition) is 2. The molecule has 0 heterocycles. The Morgan fingerprint density at radius 3 is 2.83 bits per heavy atom. The largest absolute Gasteiger partial charge is 0.409 e. The molecule has 1 aromatic carbocycles. The second-order valence-corrected chi connectivity index (χ2v) is 4.55. The van der Waals surface area contributed by atoms with E-state index in [-0.39, 0.29) is 5.84 Å². The van der Waals surface area contributed by atoms with Crippen LogP contribution < -0.4 is 5.73 Å². The van der Waals surface area contributed by atoms with Gasteiger partial charge in [-0.3, -0.25) is 0 Å². The number of amidine groups is 1. The summed E-state index contributed by atoms with van der Waals surface area (Å²) in [5, 5.41) is 11.7. The summed E-state index contributed by atoms with van der Waals surface area (Å²) >= 11 is 0. The van der Waals surface area contributed by atoms with Gasteiger partial charge in [-0.2, -0.15) is 0 Å². The highest BCUT2D eigenvalue weighted by molar-refractivity contribution is 5.98. The van der Waals surface area contributed by atoms with E-state index in [1.807, 2.05) is 24.3 Å². The van der Waals surface area contributed by atoms with Crippen LogP contribution in [0, 0.1) is 5.92 Å². The molecule has 3 N–H and O–H groups in total. The van der Waals surface area contributed by atoms with Gasteiger partial charge < -0.3 is 15.7 Å². The number of nitrogens with two attached hydrogens (primary N) is 1. The Bertz CT molecular complexity index is 391. The lowest BCUT2D eigenvalue weighted by molar-refractivity contribution is 0.0892. The van der Waals surface area contributed by atoms with E-state index in [1.165, 1.54) is 12.8 Å². The molecular weight excluding hydrogens is 228 g/mol. The van der Waals surface area contributed by atoms with Crippen molar-refractivity contribution in [3.63, 3.8) is 0 Å². The average molecular weight is 250 g/mol. The van der Waals surface area contributed by atoms with Crippen LogP contribution in [-0.2, 0) is 11.3 Å². The van der Waals surface area contributed by atoms with Gasteiger partial charge in [-0.1, -0.05) is 49.7 Å². The highest BCUT2D eigenvalue weighted by Crippen LogP contribution is 2.12. The number of benzene rings is 1. The third-order valence-electron chi connectivity index (χ3n) is 2.84. The minimum absolute atomic E-state index is 0.121. The maximum atomic E-state index is 8.72. The van der Waals surface area contributed by atoms with Gasteiger partial charge in [-0.15, -0.1) is 0 Å². The van der Waals surface area contributed by atoms with E-state index in [0.717, 1.165) is 17.7 Å². The topological polar surface area (TPSA) is 67.8 Å². The molecule has 0 fully saturated rings. The molecule has 0 aliphatic rings. The fourth-order valence-electron chi connectivity index (χ4n) is 1.90. The fraction of sp³-hybridized carbons (Fsp3) is 0.500. The second kappa shape index (κ2) is 7.71. The number of nitrogens with zero attached hydrogens (tertiary/aromatic N) is 1. The lowest BCUT2D eigenvalue weighted by Crippen LogP contribution is -2.16. The molecule has 1 unspecified atom stereocenters. The zero-order valence-corrected chi connectivity index (χ0v) is 11.1. The van der Waals surface area contributed by atoms with E-state index in [4.69, 9.17) is 15.7 Å². The molecule has 4 heteroatoms. The van der Waals surface area contributed by atoms with Crippen molar-refractivity contribution >= 4 is 5.84 Å². The molecule has 1 aromatic rings. The van der Waals surface area contributed by atoms with Crippen LogP contribution in [0.1, 0.15) is 37.8 Å². The van der Waals surface area contributed by atoms with Crippen LogP contribution in [0.15, 0.2) is 29.4 Å². The zero-order chi connectivity index (χ0) is 13.4. The molecule has 0 radical (unpaired) electrons. The Balaban J connectivity index is 2.57. The Kier molecular flexibility index (Phi) is 6.22. The first kappa shape index (κ1) is 14.5. The summed E-state index contributed by atoms with van der Waals surface area (Å²) in [6.45, 7) is 5.57. The highest BCUT2D eigenvalue weighted by Gasteiger charge is 2.07. The predicted octanol–water partition coefficient (Wildman–Crippen LogP) is 2.73. The van der Waals surface area contributed by atoms with Crippen LogP contribution >= 0.6 is 0 Å². The van der Waals surface area contributed by atoms with Crippen molar-refractivity contribution in [2.75, 3.05) is 6.61 Å². The molecule has 0 aliphatic heterocycles. The monoisotopic (exact) mass is 250 g/mol. The standard InChI is InChI=1S/C14H22N2O2/c1-3-6-11(2)9-18-10-12-7-4-5-8-13(12)14(15)16-17/h4-5,7-8,11,17H,3,6,9-10H2,1-2H3,(H2,15,16). The van der Waals surface area contributed by atoms with Gasteiger partial charge in [-0.25, -0.2) is 0 Å². The van der Waals surface area contributed by atoms with E-state index >= 15 is 0 Å². The summed E-state index contributed by atoms with van der Waals surface area (Å²) in [6, 6.07) is 7.53. The van der Waals surface area contributed by atoms with Crippen LogP contribution in [0.4, 0.5) is 0 Å². The minimum Gasteiger partial charge on any atom is -0.409 e. The van der Waals surface area contributed by atoms with Gasteiger partial charge in [0.15, 0.2) is 5.84 Å². The molecule has 4 nitrogen and oxygen atoms in total. The minimum atomic E-state index is 0.121. The highest BCUT2D eigenvalue weighted by atomic mass is 16.5. The summed E-state index contributed by atoms with van der Waals surface area (Å²) in [5.41, 5.74) is 7.29. The van der Waals surface area contributed by atoms with Gasteiger partial charge in [-0.05, 0) is 17.9 Å². The van der Waals surface area contributed by atoms with Crippen LogP contribution in [0.3, 0.4) is 0 Å². The summed E-state index contributed by atoms with van der Waals surface area (Å²) < 4.78 is 5.68. The Labute approximate surface area is 108 Å². The molecule has 1 rings (SSSR count). The average Bonchev–Trinajstić information content (AvgIpc) is 2.39. The van der Waals surface area contributed by atoms with Crippen molar-refractivity contribution in [2.24, 2.45) is 16.8 Å². The third kappa shape index (κ3) is 4.37. The lowest BCUT2D eigenvalue weighted by Gasteiger charge is -2.12. The molecule has 0 amide bonds. The van der Waals surface area contributed by atoms with Crippen molar-refractivity contribution < 1.29 is 9.94 Å². The van der Waals surface area contributed by atoms with E-state index in [0.29, 0.717) is 12.5 Å². The zero-order valence-electron chi connectivity index (χ0n) is 11.1. The predicted molar refractivity (Wildman–Crippen MR) is 72.7 cm³/mol. The molecule has 1 atom stereocenters. The van der Waals surface area contributed by atoms with Crippen molar-refractivity contribution in [2.45, 2.75) is 33.3 Å². The van der Waals surface area contributed by atoms with Crippen molar-refractivity contribution in [3.8, 4) is 0 Å². The van der Waals surface area contributed by atoms with Crippen molar-refractivity contribution in [1.82, 2.24) is 0 Å². The summed E-state index contributed by atoms with van der Waals surface area (Å²) in [7, 11) is 0. The van der Waals surface area contributed by atoms with E-state index < -0.39 is 0 Å². The summed E-state index contributed by atoms with van der Waals surface area (Å²) in [4.78, 5) is 0. The van der Waals surface area contributed by atoms with Crippen LogP contribution in [0.25, 0.3) is 0 Å². The molecule has 0 saturated carbocycles. The van der Waals surface area contributed by atoms with Crippen molar-refractivity contribution in [1.29, 1.82) is 0 Å². The lowest BCUT2D eigenvalue weighted by atomic mass is 10.1. The molecule has 0 bridgehead atoms. The van der Waals surface area contributed by atoms with Crippen LogP contribution in [0.5, 0.6) is 0 Å². The van der Waals surface area contributed by atoms with E-state index in [9.17, 15) is 0 Å². The Hall–Kier alpha value is -1.55. The first-order chi connectivity index (χ1) is 8.69. The smallest absolute Gasteiger partial charge is 0.170 e. The third-order valence-corrected chi connectivity index (χ3v) is 2.84. The number of ether oxygens (including phenoxy) is 1. The molecule has 0 aliphatic carbocycles. The van der Waals surface area contributed by atoms with Crippen LogP contribution in [0.2, 0.25) is 0 Å². The van der Waals surface area contributed by atoms with Gasteiger partial charge in [0.1, 0.15) is 0 Å². The second-order valence-electron chi connectivity index (χ2n) is 4.55.